The number of benzene rings is 3. The molecular weight excluding hydrogens is 544 g/mol. The molecule has 1 heterocycles. The Kier molecular flexibility index (Phi) is 10.2. The number of hydrogen-bond donors (Lipinski definition) is 2. The minimum absolute atomic E-state index is 0.205. The molecule has 4 aromatic rings. The Hall–Kier alpha value is -4.66. The number of imidazole rings is 1. The Balaban J connectivity index is 1.52. The van der Waals surface area contributed by atoms with Gasteiger partial charge in [-0.3, -0.25) is 4.79 Å². The summed E-state index contributed by atoms with van der Waals surface area (Å²) in [6, 6.07) is 21.3. The number of fused-ring (bicyclic) bond motifs is 1. The maximum absolute atomic E-state index is 12.5. The standard InChI is InChI=1S/C34H40N4O5/c1-6-8-13-30-37-28-20-25(36-31(39)21-35-33(41)43-34(3,4)5)18-19-29(28)38(30)22-23-14-16-24(17-15-23)26-11-9-10-12-27(26)32(40)42-7-2/h9-12,14-20H,6-8,13,21-22H2,1-5H3,(H,35,41)(H,36,39). The summed E-state index contributed by atoms with van der Waals surface area (Å²) in [6.45, 7) is 9.98. The van der Waals surface area contributed by atoms with E-state index in [0.717, 1.165) is 52.8 Å². The first-order valence-corrected chi connectivity index (χ1v) is 14.7. The number of unbranched alkanes of at least 4 members (excludes halogenated alkanes) is 1. The molecular formula is C34H40N4O5. The summed E-state index contributed by atoms with van der Waals surface area (Å²) in [5, 5.41) is 5.30. The molecule has 0 radical (unpaired) electrons. The van der Waals surface area contributed by atoms with Gasteiger partial charge in [-0.2, -0.15) is 0 Å². The third kappa shape index (κ3) is 8.44. The highest BCUT2D eigenvalue weighted by Gasteiger charge is 2.18. The van der Waals surface area contributed by atoms with Crippen LogP contribution in [0.5, 0.6) is 0 Å². The second-order valence-electron chi connectivity index (χ2n) is 11.3. The van der Waals surface area contributed by atoms with Crippen molar-refractivity contribution in [3.63, 3.8) is 0 Å². The molecule has 0 spiro atoms. The highest BCUT2D eigenvalue weighted by Crippen LogP contribution is 2.27. The first-order valence-electron chi connectivity index (χ1n) is 14.7. The topological polar surface area (TPSA) is 112 Å². The molecule has 9 heteroatoms. The number of anilines is 1. The van der Waals surface area contributed by atoms with E-state index in [-0.39, 0.29) is 18.4 Å². The van der Waals surface area contributed by atoms with Crippen LogP contribution in [0.2, 0.25) is 0 Å². The average molecular weight is 585 g/mol. The largest absolute Gasteiger partial charge is 0.462 e. The SMILES string of the molecule is CCCCc1nc2cc(NC(=O)CNC(=O)OC(C)(C)C)ccc2n1Cc1ccc(-c2ccccc2C(=O)OCC)cc1. The molecule has 3 aromatic carbocycles. The quantitative estimate of drug-likeness (QED) is 0.189. The molecule has 0 fully saturated rings. The smallest absolute Gasteiger partial charge is 0.408 e. The van der Waals surface area contributed by atoms with Crippen LogP contribution in [-0.2, 0) is 27.2 Å². The van der Waals surface area contributed by atoms with E-state index >= 15 is 0 Å². The molecule has 0 bridgehead atoms. The third-order valence-corrected chi connectivity index (χ3v) is 6.69. The minimum Gasteiger partial charge on any atom is -0.462 e. The minimum atomic E-state index is -0.645. The molecule has 0 aliphatic carbocycles. The van der Waals surface area contributed by atoms with E-state index in [1.807, 2.05) is 48.5 Å². The number of carbonyl (C=O) groups is 3. The Bertz CT molecular complexity index is 1580. The lowest BCUT2D eigenvalue weighted by molar-refractivity contribution is -0.115. The van der Waals surface area contributed by atoms with Gasteiger partial charge in [0.15, 0.2) is 0 Å². The van der Waals surface area contributed by atoms with Gasteiger partial charge in [-0.25, -0.2) is 14.6 Å². The molecule has 0 unspecified atom stereocenters. The number of aromatic nitrogens is 2. The second kappa shape index (κ2) is 14.0. The second-order valence-corrected chi connectivity index (χ2v) is 11.3. The molecule has 226 valence electrons. The lowest BCUT2D eigenvalue weighted by Gasteiger charge is -2.19. The number of nitrogens with zero attached hydrogens (tertiary/aromatic N) is 2. The van der Waals surface area contributed by atoms with Crippen LogP contribution < -0.4 is 10.6 Å². The van der Waals surface area contributed by atoms with Gasteiger partial charge in [0.05, 0.1) is 23.2 Å². The maximum Gasteiger partial charge on any atom is 0.408 e. The van der Waals surface area contributed by atoms with Crippen molar-refractivity contribution in [2.24, 2.45) is 0 Å². The van der Waals surface area contributed by atoms with Gasteiger partial charge in [-0.05, 0) is 75.1 Å². The number of rotatable bonds is 11. The van der Waals surface area contributed by atoms with E-state index in [4.69, 9.17) is 14.5 Å². The van der Waals surface area contributed by atoms with Crippen LogP contribution in [0.3, 0.4) is 0 Å². The van der Waals surface area contributed by atoms with Gasteiger partial charge in [-0.15, -0.1) is 0 Å². The van der Waals surface area contributed by atoms with Crippen molar-refractivity contribution < 1.29 is 23.9 Å². The van der Waals surface area contributed by atoms with E-state index in [0.29, 0.717) is 24.4 Å². The van der Waals surface area contributed by atoms with Gasteiger partial charge in [0.2, 0.25) is 5.91 Å². The molecule has 9 nitrogen and oxygen atoms in total. The summed E-state index contributed by atoms with van der Waals surface area (Å²) in [5.74, 6) is 0.284. The van der Waals surface area contributed by atoms with Gasteiger partial charge in [0.1, 0.15) is 18.0 Å². The van der Waals surface area contributed by atoms with E-state index in [9.17, 15) is 14.4 Å². The molecule has 43 heavy (non-hydrogen) atoms. The molecule has 0 saturated heterocycles. The first-order chi connectivity index (χ1) is 20.6. The first kappa shape index (κ1) is 31.3. The predicted molar refractivity (Wildman–Crippen MR) is 168 cm³/mol. The molecule has 0 atom stereocenters. The Morgan fingerprint density at radius 1 is 0.953 bits per heavy atom. The molecule has 0 aliphatic rings. The number of ether oxygens (including phenoxy) is 2. The highest BCUT2D eigenvalue weighted by atomic mass is 16.6. The summed E-state index contributed by atoms with van der Waals surface area (Å²) in [6.07, 6.45) is 2.24. The number of esters is 1. The summed E-state index contributed by atoms with van der Waals surface area (Å²) in [5.41, 5.74) is 5.12. The van der Waals surface area contributed by atoms with Crippen LogP contribution in [0, 0.1) is 0 Å². The fraction of sp³-hybridized carbons (Fsp3) is 0.353. The Morgan fingerprint density at radius 3 is 2.40 bits per heavy atom. The van der Waals surface area contributed by atoms with Gasteiger partial charge >= 0.3 is 12.1 Å². The van der Waals surface area contributed by atoms with E-state index in [2.05, 4.69) is 34.3 Å². The van der Waals surface area contributed by atoms with Crippen LogP contribution in [0.1, 0.15) is 69.2 Å². The third-order valence-electron chi connectivity index (χ3n) is 6.69. The number of aryl methyl sites for hydroxylation is 1. The van der Waals surface area contributed by atoms with Gasteiger partial charge in [0, 0.05) is 18.7 Å². The molecule has 1 aromatic heterocycles. The van der Waals surface area contributed by atoms with Crippen LogP contribution >= 0.6 is 0 Å². The zero-order chi connectivity index (χ0) is 31.0. The van der Waals surface area contributed by atoms with E-state index in [1.165, 1.54) is 0 Å². The zero-order valence-corrected chi connectivity index (χ0v) is 25.5. The fourth-order valence-corrected chi connectivity index (χ4v) is 4.73. The maximum atomic E-state index is 12.5. The monoisotopic (exact) mass is 584 g/mol. The molecule has 2 N–H and O–H groups in total. The predicted octanol–water partition coefficient (Wildman–Crippen LogP) is 6.73. The van der Waals surface area contributed by atoms with Crippen molar-refractivity contribution in [2.45, 2.75) is 66.0 Å². The number of nitrogens with one attached hydrogen (secondary N) is 2. The Labute approximate surface area is 252 Å². The van der Waals surface area contributed by atoms with Crippen molar-refractivity contribution >= 4 is 34.7 Å². The summed E-state index contributed by atoms with van der Waals surface area (Å²) in [7, 11) is 0. The number of carbonyl (C=O) groups excluding carboxylic acids is 3. The van der Waals surface area contributed by atoms with Crippen LogP contribution in [0.25, 0.3) is 22.2 Å². The van der Waals surface area contributed by atoms with Crippen molar-refractivity contribution in [3.8, 4) is 11.1 Å². The Morgan fingerprint density at radius 2 is 1.70 bits per heavy atom. The lowest BCUT2D eigenvalue weighted by Crippen LogP contribution is -2.37. The summed E-state index contributed by atoms with van der Waals surface area (Å²) < 4.78 is 12.6. The average Bonchev–Trinajstić information content (AvgIpc) is 3.30. The fourth-order valence-electron chi connectivity index (χ4n) is 4.73. The van der Waals surface area contributed by atoms with Crippen molar-refractivity contribution in [3.05, 3.63) is 83.7 Å². The van der Waals surface area contributed by atoms with Crippen LogP contribution in [0.4, 0.5) is 10.5 Å². The summed E-state index contributed by atoms with van der Waals surface area (Å²) in [4.78, 5) is 41.7. The van der Waals surface area contributed by atoms with Gasteiger partial charge in [-0.1, -0.05) is 55.8 Å². The van der Waals surface area contributed by atoms with Crippen LogP contribution in [-0.4, -0.2) is 46.3 Å². The van der Waals surface area contributed by atoms with Crippen molar-refractivity contribution in [1.29, 1.82) is 0 Å². The molecule has 2 amide bonds. The number of hydrogen-bond acceptors (Lipinski definition) is 6. The number of alkyl carbamates (subject to hydrolysis) is 1. The molecule has 0 saturated carbocycles. The van der Waals surface area contributed by atoms with Crippen LogP contribution in [0.15, 0.2) is 66.7 Å². The van der Waals surface area contributed by atoms with Gasteiger partial charge < -0.3 is 24.7 Å². The zero-order valence-electron chi connectivity index (χ0n) is 25.5. The lowest BCUT2D eigenvalue weighted by atomic mass is 9.98. The molecule has 0 aliphatic heterocycles. The van der Waals surface area contributed by atoms with Crippen molar-refractivity contribution in [1.82, 2.24) is 14.9 Å². The van der Waals surface area contributed by atoms with Gasteiger partial charge in [0.25, 0.3) is 0 Å². The normalized spacial score (nSPS) is 11.3. The highest BCUT2D eigenvalue weighted by molar-refractivity contribution is 5.97. The van der Waals surface area contributed by atoms with E-state index in [1.54, 1.807) is 33.8 Å². The summed E-state index contributed by atoms with van der Waals surface area (Å²) >= 11 is 0. The number of amides is 2. The van der Waals surface area contributed by atoms with Crippen molar-refractivity contribution in [2.75, 3.05) is 18.5 Å². The molecule has 4 rings (SSSR count). The van der Waals surface area contributed by atoms with E-state index < -0.39 is 11.7 Å².